The van der Waals surface area contributed by atoms with Crippen molar-refractivity contribution in [3.8, 4) is 11.7 Å². The van der Waals surface area contributed by atoms with Gasteiger partial charge in [-0.15, -0.1) is 5.10 Å². The number of para-hydroxylation sites is 1. The maximum Gasteiger partial charge on any atom is 0.336 e. The quantitative estimate of drug-likeness (QED) is 0.909. The van der Waals surface area contributed by atoms with E-state index < -0.39 is 0 Å². The first-order chi connectivity index (χ1) is 9.44. The predicted octanol–water partition coefficient (Wildman–Crippen LogP) is 2.42. The SMILES string of the molecule is CC(CNC(C)(C)C)Oc1ncn(-c2ccccc2)n1. The van der Waals surface area contributed by atoms with E-state index in [1.54, 1.807) is 11.0 Å². The summed E-state index contributed by atoms with van der Waals surface area (Å²) in [6.45, 7) is 9.14. The molecular weight excluding hydrogens is 252 g/mol. The second-order valence-corrected chi connectivity index (χ2v) is 5.87. The summed E-state index contributed by atoms with van der Waals surface area (Å²) in [6.07, 6.45) is 1.68. The number of hydrogen-bond acceptors (Lipinski definition) is 4. The number of ether oxygens (including phenoxy) is 1. The van der Waals surface area contributed by atoms with Crippen molar-refractivity contribution in [3.05, 3.63) is 36.7 Å². The zero-order valence-electron chi connectivity index (χ0n) is 12.5. The van der Waals surface area contributed by atoms with Crippen LogP contribution in [0.2, 0.25) is 0 Å². The third-order valence-electron chi connectivity index (χ3n) is 2.72. The summed E-state index contributed by atoms with van der Waals surface area (Å²) < 4.78 is 7.41. The number of nitrogens with one attached hydrogen (secondary N) is 1. The van der Waals surface area contributed by atoms with Crippen molar-refractivity contribution in [2.24, 2.45) is 0 Å². The van der Waals surface area contributed by atoms with E-state index in [1.807, 2.05) is 37.3 Å². The van der Waals surface area contributed by atoms with Gasteiger partial charge in [-0.3, -0.25) is 0 Å². The van der Waals surface area contributed by atoms with Gasteiger partial charge in [0.15, 0.2) is 0 Å². The molecule has 0 aliphatic rings. The van der Waals surface area contributed by atoms with Crippen LogP contribution in [-0.4, -0.2) is 33.0 Å². The number of rotatable bonds is 5. The standard InChI is InChI=1S/C15H22N4O/c1-12(10-17-15(2,3)4)20-14-16-11-19(18-14)13-8-6-5-7-9-13/h5-9,11-12,17H,10H2,1-4H3. The van der Waals surface area contributed by atoms with Crippen LogP contribution in [0.15, 0.2) is 36.7 Å². The molecule has 1 heterocycles. The fourth-order valence-corrected chi connectivity index (χ4v) is 1.68. The Bertz CT molecular complexity index is 530. The molecular formula is C15H22N4O. The molecule has 1 aromatic carbocycles. The van der Waals surface area contributed by atoms with Crippen LogP contribution in [-0.2, 0) is 0 Å². The van der Waals surface area contributed by atoms with Crippen molar-refractivity contribution < 1.29 is 4.74 Å². The molecule has 108 valence electrons. The van der Waals surface area contributed by atoms with Gasteiger partial charge in [-0.05, 0) is 39.8 Å². The van der Waals surface area contributed by atoms with Gasteiger partial charge in [0, 0.05) is 12.1 Å². The van der Waals surface area contributed by atoms with Crippen LogP contribution < -0.4 is 10.1 Å². The molecule has 0 radical (unpaired) electrons. The molecule has 20 heavy (non-hydrogen) atoms. The van der Waals surface area contributed by atoms with Crippen LogP contribution in [0.5, 0.6) is 6.01 Å². The largest absolute Gasteiger partial charge is 0.458 e. The van der Waals surface area contributed by atoms with Gasteiger partial charge >= 0.3 is 6.01 Å². The lowest BCUT2D eigenvalue weighted by atomic mass is 10.1. The molecule has 2 aromatic rings. The Labute approximate surface area is 120 Å². The summed E-state index contributed by atoms with van der Waals surface area (Å²) in [4.78, 5) is 4.18. The summed E-state index contributed by atoms with van der Waals surface area (Å²) in [7, 11) is 0. The fourth-order valence-electron chi connectivity index (χ4n) is 1.68. The normalized spacial score (nSPS) is 13.2. The zero-order valence-corrected chi connectivity index (χ0v) is 12.5. The number of aromatic nitrogens is 3. The summed E-state index contributed by atoms with van der Waals surface area (Å²) in [6, 6.07) is 10.3. The Kier molecular flexibility index (Phi) is 4.39. The molecule has 0 fully saturated rings. The highest BCUT2D eigenvalue weighted by atomic mass is 16.5. The minimum absolute atomic E-state index is 0.0147. The lowest BCUT2D eigenvalue weighted by molar-refractivity contribution is 0.188. The van der Waals surface area contributed by atoms with Crippen LogP contribution in [0, 0.1) is 0 Å². The van der Waals surface area contributed by atoms with E-state index in [1.165, 1.54) is 0 Å². The van der Waals surface area contributed by atoms with Gasteiger partial charge in [0.2, 0.25) is 0 Å². The first-order valence-electron chi connectivity index (χ1n) is 6.83. The monoisotopic (exact) mass is 274 g/mol. The lowest BCUT2D eigenvalue weighted by Crippen LogP contribution is -2.41. The Balaban J connectivity index is 1.93. The molecule has 0 spiro atoms. The number of benzene rings is 1. The zero-order chi connectivity index (χ0) is 14.6. The number of hydrogen-bond donors (Lipinski definition) is 1. The molecule has 1 aromatic heterocycles. The average Bonchev–Trinajstić information content (AvgIpc) is 2.85. The van der Waals surface area contributed by atoms with Gasteiger partial charge < -0.3 is 10.1 Å². The van der Waals surface area contributed by atoms with Gasteiger partial charge in [0.05, 0.1) is 5.69 Å². The highest BCUT2D eigenvalue weighted by Gasteiger charge is 2.13. The maximum atomic E-state index is 5.71. The van der Waals surface area contributed by atoms with E-state index in [-0.39, 0.29) is 11.6 Å². The lowest BCUT2D eigenvalue weighted by Gasteiger charge is -2.23. The molecule has 0 bridgehead atoms. The van der Waals surface area contributed by atoms with Crippen LogP contribution in [0.3, 0.4) is 0 Å². The Morgan fingerprint density at radius 3 is 2.60 bits per heavy atom. The molecule has 1 atom stereocenters. The number of nitrogens with zero attached hydrogens (tertiary/aromatic N) is 3. The second kappa shape index (κ2) is 6.05. The van der Waals surface area contributed by atoms with Crippen LogP contribution in [0.4, 0.5) is 0 Å². The van der Waals surface area contributed by atoms with Crippen LogP contribution in [0.1, 0.15) is 27.7 Å². The molecule has 1 N–H and O–H groups in total. The van der Waals surface area contributed by atoms with E-state index in [2.05, 4.69) is 36.2 Å². The van der Waals surface area contributed by atoms with Crippen molar-refractivity contribution in [1.29, 1.82) is 0 Å². The van der Waals surface area contributed by atoms with Crippen molar-refractivity contribution >= 4 is 0 Å². The van der Waals surface area contributed by atoms with Gasteiger partial charge in [-0.2, -0.15) is 4.98 Å². The third-order valence-corrected chi connectivity index (χ3v) is 2.72. The van der Waals surface area contributed by atoms with E-state index in [0.29, 0.717) is 6.01 Å². The second-order valence-electron chi connectivity index (χ2n) is 5.87. The summed E-state index contributed by atoms with van der Waals surface area (Å²) in [5, 5.41) is 7.71. The molecule has 0 aliphatic carbocycles. The van der Waals surface area contributed by atoms with E-state index in [9.17, 15) is 0 Å². The minimum atomic E-state index is 0.0147. The molecule has 1 unspecified atom stereocenters. The first-order valence-corrected chi connectivity index (χ1v) is 6.83. The molecule has 0 saturated carbocycles. The fraction of sp³-hybridized carbons (Fsp3) is 0.467. The minimum Gasteiger partial charge on any atom is -0.458 e. The van der Waals surface area contributed by atoms with Gasteiger partial charge in [0.1, 0.15) is 12.4 Å². The van der Waals surface area contributed by atoms with E-state index in [0.717, 1.165) is 12.2 Å². The Morgan fingerprint density at radius 2 is 1.95 bits per heavy atom. The van der Waals surface area contributed by atoms with Gasteiger partial charge in [-0.1, -0.05) is 18.2 Å². The molecule has 0 saturated heterocycles. The highest BCUT2D eigenvalue weighted by Crippen LogP contribution is 2.09. The first kappa shape index (κ1) is 14.5. The molecule has 5 nitrogen and oxygen atoms in total. The Hall–Kier alpha value is -1.88. The van der Waals surface area contributed by atoms with Crippen molar-refractivity contribution in [1.82, 2.24) is 20.1 Å². The van der Waals surface area contributed by atoms with E-state index in [4.69, 9.17) is 4.74 Å². The predicted molar refractivity (Wildman–Crippen MR) is 79.2 cm³/mol. The Morgan fingerprint density at radius 1 is 1.25 bits per heavy atom. The molecule has 5 heteroatoms. The smallest absolute Gasteiger partial charge is 0.336 e. The summed E-state index contributed by atoms with van der Waals surface area (Å²) >= 11 is 0. The summed E-state index contributed by atoms with van der Waals surface area (Å²) in [5.41, 5.74) is 1.05. The molecule has 0 aliphatic heterocycles. The van der Waals surface area contributed by atoms with Crippen molar-refractivity contribution in [3.63, 3.8) is 0 Å². The molecule has 2 rings (SSSR count). The topological polar surface area (TPSA) is 52.0 Å². The van der Waals surface area contributed by atoms with Crippen molar-refractivity contribution in [2.75, 3.05) is 6.54 Å². The van der Waals surface area contributed by atoms with Crippen molar-refractivity contribution in [2.45, 2.75) is 39.3 Å². The average molecular weight is 274 g/mol. The third kappa shape index (κ3) is 4.35. The summed E-state index contributed by atoms with van der Waals surface area (Å²) in [5.74, 6) is 0. The highest BCUT2D eigenvalue weighted by molar-refractivity contribution is 5.29. The van der Waals surface area contributed by atoms with E-state index >= 15 is 0 Å². The van der Waals surface area contributed by atoms with Crippen LogP contribution in [0.25, 0.3) is 5.69 Å². The van der Waals surface area contributed by atoms with Crippen LogP contribution >= 0.6 is 0 Å². The maximum absolute atomic E-state index is 5.71. The van der Waals surface area contributed by atoms with Gasteiger partial charge in [-0.25, -0.2) is 4.68 Å². The molecule has 0 amide bonds. The van der Waals surface area contributed by atoms with Gasteiger partial charge in [0.25, 0.3) is 0 Å².